The third-order valence-corrected chi connectivity index (χ3v) is 1.57. The fraction of sp³-hybridized carbons (Fsp3) is 0.250. The van der Waals surface area contributed by atoms with Gasteiger partial charge in [0, 0.05) is 27.2 Å². The summed E-state index contributed by atoms with van der Waals surface area (Å²) in [6.45, 7) is 1.31. The van der Waals surface area contributed by atoms with Crippen LogP contribution in [0.25, 0.3) is 5.32 Å². The molecule has 1 radical (unpaired) electrons. The molecule has 1 aliphatic heterocycles. The largest absolute Gasteiger partial charge is 0.625 e. The van der Waals surface area contributed by atoms with E-state index >= 15 is 0 Å². The van der Waals surface area contributed by atoms with E-state index in [0.29, 0.717) is 6.73 Å². The van der Waals surface area contributed by atoms with Crippen LogP contribution in [0.4, 0.5) is 0 Å². The van der Waals surface area contributed by atoms with Crippen molar-refractivity contribution in [1.29, 1.82) is 0 Å². The summed E-state index contributed by atoms with van der Waals surface area (Å²) < 4.78 is 5.26. The first-order chi connectivity index (χ1) is 4.97. The summed E-state index contributed by atoms with van der Waals surface area (Å²) in [7, 11) is 0. The Balaban J connectivity index is 0.000000605. The van der Waals surface area contributed by atoms with Gasteiger partial charge in [-0.05, 0) is 11.6 Å². The van der Waals surface area contributed by atoms with E-state index in [4.69, 9.17) is 4.74 Å². The predicted molar refractivity (Wildman–Crippen MR) is 39.0 cm³/mol. The van der Waals surface area contributed by atoms with Crippen LogP contribution in [0.3, 0.4) is 0 Å². The van der Waals surface area contributed by atoms with Gasteiger partial charge in [-0.3, -0.25) is 0 Å². The Hall–Kier alpha value is -0.358. The van der Waals surface area contributed by atoms with Gasteiger partial charge in [0.05, 0.1) is 0 Å². The second-order valence-electron chi connectivity index (χ2n) is 2.26. The molecule has 1 aliphatic rings. The van der Waals surface area contributed by atoms with Gasteiger partial charge in [-0.15, -0.1) is 6.54 Å². The normalized spacial score (nSPS) is 14.2. The minimum atomic E-state index is 0. The average molecular weight is 320 g/mol. The Kier molecular flexibility index (Phi) is 3.07. The fourth-order valence-electron chi connectivity index (χ4n) is 1.06. The third-order valence-electron chi connectivity index (χ3n) is 1.57. The zero-order valence-electron chi connectivity index (χ0n) is 5.96. The Bertz CT molecular complexity index is 214. The van der Waals surface area contributed by atoms with E-state index in [1.807, 2.05) is 24.3 Å². The molecule has 0 unspecified atom stereocenters. The number of fused-ring (bicyclic) bond motifs is 1. The first kappa shape index (κ1) is 8.74. The van der Waals surface area contributed by atoms with Crippen LogP contribution in [0.2, 0.25) is 0 Å². The van der Waals surface area contributed by atoms with Gasteiger partial charge in [0.1, 0.15) is 5.75 Å². The Morgan fingerprint density at radius 1 is 1.27 bits per heavy atom. The van der Waals surface area contributed by atoms with Crippen molar-refractivity contribution in [2.24, 2.45) is 0 Å². The van der Waals surface area contributed by atoms with Gasteiger partial charge in [0.25, 0.3) is 0 Å². The summed E-state index contributed by atoms with van der Waals surface area (Å²) in [6, 6.07) is 8.00. The minimum absolute atomic E-state index is 0. The van der Waals surface area contributed by atoms with Crippen LogP contribution in [-0.4, -0.2) is 6.73 Å². The molecule has 0 fully saturated rings. The van der Waals surface area contributed by atoms with Gasteiger partial charge >= 0.3 is 0 Å². The summed E-state index contributed by atoms with van der Waals surface area (Å²) in [6.07, 6.45) is 0. The topological polar surface area (TPSA) is 23.3 Å². The van der Waals surface area contributed by atoms with Crippen LogP contribution in [0.1, 0.15) is 5.56 Å². The maximum atomic E-state index is 5.26. The molecular weight excluding hydrogens is 312 g/mol. The average Bonchev–Trinajstić information content (AvgIpc) is 2.05. The van der Waals surface area contributed by atoms with Crippen molar-refractivity contribution in [2.45, 2.75) is 6.54 Å². The summed E-state index contributed by atoms with van der Waals surface area (Å²) in [4.78, 5) is 0. The number of hydrogen-bond donors (Lipinski definition) is 0. The molecule has 0 bridgehead atoms. The number of rotatable bonds is 0. The molecule has 59 valence electrons. The molecule has 0 N–H and O–H groups in total. The summed E-state index contributed by atoms with van der Waals surface area (Å²) in [5.74, 6) is 0.984. The molecular formula is C8H8NORe-. The second kappa shape index (κ2) is 3.87. The van der Waals surface area contributed by atoms with Crippen LogP contribution in [0.5, 0.6) is 5.75 Å². The van der Waals surface area contributed by atoms with Gasteiger partial charge in [-0.2, -0.15) is 0 Å². The van der Waals surface area contributed by atoms with E-state index in [1.165, 1.54) is 5.56 Å². The van der Waals surface area contributed by atoms with Crippen LogP contribution in [0, 0.1) is 0 Å². The standard InChI is InChI=1S/C8H8NO.Re/c1-2-4-8-7(3-1)5-9-6-10-8;/h1-4H,5-6H2;/q-1;. The SMILES string of the molecule is [Re].c1ccc2c(c1)C[N-]CO2. The monoisotopic (exact) mass is 321 g/mol. The predicted octanol–water partition coefficient (Wildman–Crippen LogP) is 1.91. The van der Waals surface area contributed by atoms with E-state index in [0.717, 1.165) is 12.3 Å². The van der Waals surface area contributed by atoms with E-state index in [2.05, 4.69) is 5.32 Å². The quantitative estimate of drug-likeness (QED) is 0.716. The first-order valence-corrected chi connectivity index (χ1v) is 3.31. The Labute approximate surface area is 79.6 Å². The molecule has 11 heavy (non-hydrogen) atoms. The van der Waals surface area contributed by atoms with Crippen molar-refractivity contribution >= 4 is 0 Å². The summed E-state index contributed by atoms with van der Waals surface area (Å²) in [5, 5.41) is 4.10. The van der Waals surface area contributed by atoms with Crippen LogP contribution < -0.4 is 4.74 Å². The van der Waals surface area contributed by atoms with E-state index < -0.39 is 0 Å². The fourth-order valence-corrected chi connectivity index (χ4v) is 1.06. The molecule has 3 heteroatoms. The molecule has 0 atom stereocenters. The number of hydrogen-bond acceptors (Lipinski definition) is 1. The van der Waals surface area contributed by atoms with Crippen molar-refractivity contribution < 1.29 is 25.2 Å². The van der Waals surface area contributed by atoms with Gasteiger partial charge in [0.2, 0.25) is 0 Å². The molecule has 0 amide bonds. The molecule has 0 saturated heterocycles. The van der Waals surface area contributed by atoms with Crippen molar-refractivity contribution in [2.75, 3.05) is 6.73 Å². The summed E-state index contributed by atoms with van der Waals surface area (Å²) >= 11 is 0. The van der Waals surface area contributed by atoms with Crippen molar-refractivity contribution in [3.05, 3.63) is 35.1 Å². The van der Waals surface area contributed by atoms with Crippen molar-refractivity contribution in [3.63, 3.8) is 0 Å². The van der Waals surface area contributed by atoms with E-state index in [1.54, 1.807) is 0 Å². The van der Waals surface area contributed by atoms with Crippen LogP contribution >= 0.6 is 0 Å². The number of nitrogens with zero attached hydrogens (tertiary/aromatic N) is 1. The Morgan fingerprint density at radius 3 is 2.91 bits per heavy atom. The van der Waals surface area contributed by atoms with Gasteiger partial charge < -0.3 is 10.1 Å². The van der Waals surface area contributed by atoms with E-state index in [-0.39, 0.29) is 20.4 Å². The molecule has 0 aliphatic carbocycles. The zero-order valence-corrected chi connectivity index (χ0v) is 8.67. The molecule has 2 nitrogen and oxygen atoms in total. The summed E-state index contributed by atoms with van der Waals surface area (Å²) in [5.41, 5.74) is 1.19. The second-order valence-corrected chi connectivity index (χ2v) is 2.26. The molecule has 1 heterocycles. The van der Waals surface area contributed by atoms with Crippen LogP contribution in [-0.2, 0) is 27.0 Å². The molecule has 0 saturated carbocycles. The van der Waals surface area contributed by atoms with Gasteiger partial charge in [0.15, 0.2) is 0 Å². The third kappa shape index (κ3) is 1.81. The van der Waals surface area contributed by atoms with Crippen LogP contribution in [0.15, 0.2) is 24.3 Å². The maximum Gasteiger partial charge on any atom is 0.118 e. The number of para-hydroxylation sites is 1. The number of benzene rings is 1. The van der Waals surface area contributed by atoms with Crippen molar-refractivity contribution in [3.8, 4) is 5.75 Å². The molecule has 1 aromatic rings. The Morgan fingerprint density at radius 2 is 2.09 bits per heavy atom. The zero-order chi connectivity index (χ0) is 6.81. The van der Waals surface area contributed by atoms with Crippen molar-refractivity contribution in [1.82, 2.24) is 0 Å². The minimum Gasteiger partial charge on any atom is -0.625 e. The van der Waals surface area contributed by atoms with Gasteiger partial charge in [-0.25, -0.2) is 0 Å². The smallest absolute Gasteiger partial charge is 0.118 e. The molecule has 0 spiro atoms. The maximum absolute atomic E-state index is 5.26. The first-order valence-electron chi connectivity index (χ1n) is 3.31. The number of ether oxygens (including phenoxy) is 1. The molecule has 2 rings (SSSR count). The van der Waals surface area contributed by atoms with Gasteiger partial charge in [-0.1, -0.05) is 18.2 Å². The molecule has 1 aromatic carbocycles. The van der Waals surface area contributed by atoms with E-state index in [9.17, 15) is 0 Å². The molecule has 0 aromatic heterocycles.